The number of nitrogens with one attached hydrogen (secondary N) is 1. The number of ether oxygens (including phenoxy) is 1. The lowest BCUT2D eigenvalue weighted by Crippen LogP contribution is -2.45. The Morgan fingerprint density at radius 2 is 2.38 bits per heavy atom. The molecule has 2 aliphatic rings. The predicted octanol–water partition coefficient (Wildman–Crippen LogP) is 0.566. The van der Waals surface area contributed by atoms with Gasteiger partial charge in [-0.1, -0.05) is 0 Å². The Morgan fingerprint density at radius 3 is 3.08 bits per heavy atom. The number of fused-ring (bicyclic) bond motifs is 1. The van der Waals surface area contributed by atoms with Crippen molar-refractivity contribution < 1.29 is 9.53 Å². The van der Waals surface area contributed by atoms with Crippen LogP contribution in [0.15, 0.2) is 12.3 Å². The van der Waals surface area contributed by atoms with Gasteiger partial charge in [-0.15, -0.1) is 0 Å². The summed E-state index contributed by atoms with van der Waals surface area (Å²) in [4.78, 5) is 19.0. The van der Waals surface area contributed by atoms with Crippen LogP contribution in [0.5, 0.6) is 0 Å². The Hall–Kier alpha value is -2.22. The van der Waals surface area contributed by atoms with E-state index in [1.807, 2.05) is 11.8 Å². The van der Waals surface area contributed by atoms with Crippen LogP contribution in [0.3, 0.4) is 0 Å². The maximum Gasteiger partial charge on any atom is 0.272 e. The molecule has 4 rings (SSSR count). The van der Waals surface area contributed by atoms with Crippen LogP contribution in [0.4, 0.5) is 0 Å². The summed E-state index contributed by atoms with van der Waals surface area (Å²) >= 11 is 0. The van der Waals surface area contributed by atoms with Crippen molar-refractivity contribution in [1.29, 1.82) is 0 Å². The fourth-order valence-electron chi connectivity index (χ4n) is 3.89. The zero-order valence-corrected chi connectivity index (χ0v) is 14.0. The van der Waals surface area contributed by atoms with Crippen LogP contribution in [0, 0.1) is 18.8 Å². The van der Waals surface area contributed by atoms with Gasteiger partial charge in [0.05, 0.1) is 12.7 Å². The Labute approximate surface area is 140 Å². The van der Waals surface area contributed by atoms with Crippen molar-refractivity contribution in [2.75, 3.05) is 19.7 Å². The lowest BCUT2D eigenvalue weighted by Gasteiger charge is -2.35. The fraction of sp³-hybridized carbons (Fsp3) is 0.625. The summed E-state index contributed by atoms with van der Waals surface area (Å²) in [6.45, 7) is 4.11. The number of carbonyl (C=O) groups is 1. The van der Waals surface area contributed by atoms with E-state index in [9.17, 15) is 4.79 Å². The van der Waals surface area contributed by atoms with Crippen LogP contribution < -0.4 is 0 Å². The number of carbonyl (C=O) groups excluding carboxylic acids is 1. The van der Waals surface area contributed by atoms with Crippen molar-refractivity contribution in [2.24, 2.45) is 18.9 Å². The summed E-state index contributed by atoms with van der Waals surface area (Å²) in [5.74, 6) is 2.56. The molecular weight excluding hydrogens is 308 g/mol. The van der Waals surface area contributed by atoms with E-state index in [0.29, 0.717) is 24.1 Å². The zero-order chi connectivity index (χ0) is 16.7. The topological polar surface area (TPSA) is 88.9 Å². The van der Waals surface area contributed by atoms with Crippen LogP contribution in [-0.2, 0) is 18.2 Å². The van der Waals surface area contributed by atoms with Crippen LogP contribution in [0.1, 0.15) is 28.6 Å². The average Bonchev–Trinajstić information content (AvgIpc) is 3.28. The highest BCUT2D eigenvalue weighted by Crippen LogP contribution is 2.36. The van der Waals surface area contributed by atoms with Crippen LogP contribution in [0.25, 0.3) is 0 Å². The largest absolute Gasteiger partial charge is 0.377 e. The minimum atomic E-state index is 0.0569. The maximum atomic E-state index is 12.6. The van der Waals surface area contributed by atoms with E-state index in [2.05, 4.69) is 20.3 Å². The molecule has 2 fully saturated rings. The molecule has 2 aromatic rings. The van der Waals surface area contributed by atoms with Crippen LogP contribution in [-0.4, -0.2) is 61.6 Å². The highest BCUT2D eigenvalue weighted by atomic mass is 16.5. The molecule has 24 heavy (non-hydrogen) atoms. The molecule has 0 saturated carbocycles. The van der Waals surface area contributed by atoms with E-state index in [-0.39, 0.29) is 12.0 Å². The Kier molecular flexibility index (Phi) is 3.84. The second-order valence-electron chi connectivity index (χ2n) is 6.72. The summed E-state index contributed by atoms with van der Waals surface area (Å²) in [5.41, 5.74) is 0.639. The van der Waals surface area contributed by atoms with Crippen molar-refractivity contribution >= 4 is 5.91 Å². The second-order valence-corrected chi connectivity index (χ2v) is 6.72. The van der Waals surface area contributed by atoms with Gasteiger partial charge in [-0.05, 0) is 25.3 Å². The van der Waals surface area contributed by atoms with Crippen molar-refractivity contribution in [3.63, 3.8) is 0 Å². The van der Waals surface area contributed by atoms with Gasteiger partial charge in [0.15, 0.2) is 5.82 Å². The third-order valence-electron chi connectivity index (χ3n) is 5.15. The summed E-state index contributed by atoms with van der Waals surface area (Å²) in [7, 11) is 1.80. The van der Waals surface area contributed by atoms with Crippen molar-refractivity contribution in [2.45, 2.75) is 25.9 Å². The van der Waals surface area contributed by atoms with Gasteiger partial charge in [0, 0.05) is 38.7 Å². The highest BCUT2D eigenvalue weighted by molar-refractivity contribution is 5.92. The van der Waals surface area contributed by atoms with Gasteiger partial charge < -0.3 is 9.64 Å². The molecule has 3 atom stereocenters. The molecule has 0 unspecified atom stereocenters. The molecule has 0 radical (unpaired) electrons. The highest BCUT2D eigenvalue weighted by Gasteiger charge is 2.42. The van der Waals surface area contributed by atoms with Gasteiger partial charge in [-0.2, -0.15) is 10.2 Å². The second kappa shape index (κ2) is 6.01. The molecule has 1 N–H and O–H groups in total. The van der Waals surface area contributed by atoms with Gasteiger partial charge >= 0.3 is 0 Å². The molecule has 0 aliphatic carbocycles. The molecule has 0 spiro atoms. The summed E-state index contributed by atoms with van der Waals surface area (Å²) in [6, 6.07) is 1.77. The Bertz CT molecular complexity index is 739. The number of rotatable bonds is 3. The lowest BCUT2D eigenvalue weighted by atomic mass is 9.83. The summed E-state index contributed by atoms with van der Waals surface area (Å²) in [5, 5.41) is 11.2. The lowest BCUT2D eigenvalue weighted by molar-refractivity contribution is 0.0600. The SMILES string of the molecule is Cc1nc(C[C@@H]2OC[C@H]3CN(C(=O)c4ccnn4C)CC[C@H]32)n[nH]1. The number of piperidine rings is 1. The molecule has 2 saturated heterocycles. The van der Waals surface area contributed by atoms with E-state index in [1.165, 1.54) is 0 Å². The standard InChI is InChI=1S/C16H22N6O2/c1-10-18-15(20-19-10)7-14-12-4-6-22(8-11(12)9-24-14)16(23)13-3-5-17-21(13)2/h3,5,11-12,14H,4,6-9H2,1-2H3,(H,18,19,20)/t11-,12-,14+/m1/s1. The van der Waals surface area contributed by atoms with E-state index in [0.717, 1.165) is 37.6 Å². The monoisotopic (exact) mass is 330 g/mol. The number of aromatic nitrogens is 5. The Balaban J connectivity index is 1.40. The molecule has 2 aromatic heterocycles. The van der Waals surface area contributed by atoms with Gasteiger partial charge in [0.2, 0.25) is 0 Å². The van der Waals surface area contributed by atoms with Gasteiger partial charge in [0.25, 0.3) is 5.91 Å². The molecule has 8 heteroatoms. The van der Waals surface area contributed by atoms with Crippen molar-refractivity contribution in [3.05, 3.63) is 29.6 Å². The average molecular weight is 330 g/mol. The normalized spacial score (nSPS) is 26.6. The van der Waals surface area contributed by atoms with E-state index in [4.69, 9.17) is 4.74 Å². The number of hydrogen-bond acceptors (Lipinski definition) is 5. The number of hydrogen-bond donors (Lipinski definition) is 1. The number of aromatic amines is 1. The number of H-pyrrole nitrogens is 1. The molecule has 8 nitrogen and oxygen atoms in total. The van der Waals surface area contributed by atoms with Gasteiger partial charge in [0.1, 0.15) is 11.5 Å². The van der Waals surface area contributed by atoms with Crippen molar-refractivity contribution in [3.8, 4) is 0 Å². The first-order chi connectivity index (χ1) is 11.6. The van der Waals surface area contributed by atoms with E-state index in [1.54, 1.807) is 24.0 Å². The first-order valence-electron chi connectivity index (χ1n) is 8.38. The molecular formula is C16H22N6O2. The van der Waals surface area contributed by atoms with E-state index >= 15 is 0 Å². The zero-order valence-electron chi connectivity index (χ0n) is 14.0. The smallest absolute Gasteiger partial charge is 0.272 e. The Morgan fingerprint density at radius 1 is 1.50 bits per heavy atom. The minimum Gasteiger partial charge on any atom is -0.377 e. The number of amides is 1. The molecule has 4 heterocycles. The molecule has 0 bridgehead atoms. The number of likely N-dealkylation sites (tertiary alicyclic amines) is 1. The maximum absolute atomic E-state index is 12.6. The quantitative estimate of drug-likeness (QED) is 0.888. The van der Waals surface area contributed by atoms with Crippen molar-refractivity contribution in [1.82, 2.24) is 29.9 Å². The molecule has 1 amide bonds. The van der Waals surface area contributed by atoms with Crippen LogP contribution in [0.2, 0.25) is 0 Å². The minimum absolute atomic E-state index is 0.0569. The van der Waals surface area contributed by atoms with E-state index < -0.39 is 0 Å². The molecule has 0 aromatic carbocycles. The first-order valence-corrected chi connectivity index (χ1v) is 8.38. The van der Waals surface area contributed by atoms with Gasteiger partial charge in [-0.3, -0.25) is 14.6 Å². The number of nitrogens with zero attached hydrogens (tertiary/aromatic N) is 5. The van der Waals surface area contributed by atoms with Crippen LogP contribution >= 0.6 is 0 Å². The third-order valence-corrected chi connectivity index (χ3v) is 5.15. The molecule has 2 aliphatic heterocycles. The first kappa shape index (κ1) is 15.3. The predicted molar refractivity (Wildman–Crippen MR) is 85.3 cm³/mol. The molecule has 128 valence electrons. The van der Waals surface area contributed by atoms with Gasteiger partial charge in [-0.25, -0.2) is 4.98 Å². The summed E-state index contributed by atoms with van der Waals surface area (Å²) in [6.07, 6.45) is 3.51. The third kappa shape index (κ3) is 2.71. The summed E-state index contributed by atoms with van der Waals surface area (Å²) < 4.78 is 7.64. The fourth-order valence-corrected chi connectivity index (χ4v) is 3.89. The number of aryl methyl sites for hydroxylation is 2.